The molecular formula is C18H17N7O. The number of imidazole rings is 2. The Bertz CT molecular complexity index is 1050. The van der Waals surface area contributed by atoms with Gasteiger partial charge in [-0.1, -0.05) is 6.07 Å². The van der Waals surface area contributed by atoms with Gasteiger partial charge in [-0.05, 0) is 18.2 Å². The number of nitrogens with zero attached hydrogens (tertiary/aromatic N) is 6. The molecule has 0 aliphatic heterocycles. The third-order valence-corrected chi connectivity index (χ3v) is 4.10. The van der Waals surface area contributed by atoms with E-state index in [2.05, 4.69) is 25.3 Å². The topological polar surface area (TPSA) is 90.5 Å². The Labute approximate surface area is 149 Å². The molecule has 0 saturated carbocycles. The predicted molar refractivity (Wildman–Crippen MR) is 95.2 cm³/mol. The van der Waals surface area contributed by atoms with Crippen LogP contribution in [0.2, 0.25) is 0 Å². The zero-order valence-corrected chi connectivity index (χ0v) is 14.2. The summed E-state index contributed by atoms with van der Waals surface area (Å²) < 4.78 is 3.77. The van der Waals surface area contributed by atoms with E-state index in [1.807, 2.05) is 40.6 Å². The van der Waals surface area contributed by atoms with Crippen molar-refractivity contribution < 1.29 is 4.79 Å². The number of carbonyl (C=O) groups is 1. The minimum absolute atomic E-state index is 0.207. The normalized spacial score (nSPS) is 11.0. The monoisotopic (exact) mass is 347 g/mol. The number of fused-ring (bicyclic) bond motifs is 1. The van der Waals surface area contributed by atoms with Gasteiger partial charge in [-0.15, -0.1) is 0 Å². The lowest BCUT2D eigenvalue weighted by Gasteiger charge is -2.06. The van der Waals surface area contributed by atoms with E-state index < -0.39 is 0 Å². The number of pyridine rings is 2. The quantitative estimate of drug-likeness (QED) is 0.591. The average molecular weight is 347 g/mol. The highest BCUT2D eigenvalue weighted by atomic mass is 16.1. The number of aromatic nitrogens is 6. The number of nitrogens with one attached hydrogen (secondary N) is 1. The summed E-state index contributed by atoms with van der Waals surface area (Å²) in [4.78, 5) is 29.6. The van der Waals surface area contributed by atoms with Crippen molar-refractivity contribution in [3.8, 4) is 0 Å². The number of amides is 1. The molecule has 0 aliphatic carbocycles. The second-order valence-electron chi connectivity index (χ2n) is 5.90. The molecule has 130 valence electrons. The van der Waals surface area contributed by atoms with Gasteiger partial charge < -0.3 is 14.5 Å². The van der Waals surface area contributed by atoms with Gasteiger partial charge in [0.25, 0.3) is 5.91 Å². The van der Waals surface area contributed by atoms with Crippen LogP contribution in [0.4, 0.5) is 0 Å². The Morgan fingerprint density at radius 3 is 2.85 bits per heavy atom. The van der Waals surface area contributed by atoms with E-state index in [0.717, 1.165) is 17.2 Å². The summed E-state index contributed by atoms with van der Waals surface area (Å²) in [5, 5.41) is 2.85. The van der Waals surface area contributed by atoms with Crippen molar-refractivity contribution in [3.05, 3.63) is 72.5 Å². The van der Waals surface area contributed by atoms with Crippen molar-refractivity contribution in [3.63, 3.8) is 0 Å². The van der Waals surface area contributed by atoms with Crippen molar-refractivity contribution in [1.82, 2.24) is 34.4 Å². The van der Waals surface area contributed by atoms with E-state index in [-0.39, 0.29) is 5.91 Å². The first-order valence-corrected chi connectivity index (χ1v) is 8.16. The minimum Gasteiger partial charge on any atom is -0.345 e. The highest BCUT2D eigenvalue weighted by Crippen LogP contribution is 2.13. The fraction of sp³-hybridized carbons (Fsp3) is 0.167. The predicted octanol–water partition coefficient (Wildman–Crippen LogP) is 1.54. The molecular weight excluding hydrogens is 330 g/mol. The average Bonchev–Trinajstić information content (AvgIpc) is 3.26. The molecule has 0 atom stereocenters. The Morgan fingerprint density at radius 2 is 2.08 bits per heavy atom. The lowest BCUT2D eigenvalue weighted by atomic mass is 10.2. The Balaban J connectivity index is 1.51. The van der Waals surface area contributed by atoms with Gasteiger partial charge in [-0.25, -0.2) is 15.0 Å². The van der Waals surface area contributed by atoms with Gasteiger partial charge in [0, 0.05) is 31.8 Å². The van der Waals surface area contributed by atoms with E-state index in [0.29, 0.717) is 24.2 Å². The van der Waals surface area contributed by atoms with Crippen LogP contribution < -0.4 is 5.32 Å². The molecule has 4 rings (SSSR count). The summed E-state index contributed by atoms with van der Waals surface area (Å²) in [7, 11) is 1.89. The summed E-state index contributed by atoms with van der Waals surface area (Å²) in [5.41, 5.74) is 2.78. The van der Waals surface area contributed by atoms with Crippen molar-refractivity contribution in [2.75, 3.05) is 0 Å². The van der Waals surface area contributed by atoms with Crippen LogP contribution in [0.25, 0.3) is 11.2 Å². The molecule has 4 aromatic rings. The van der Waals surface area contributed by atoms with Gasteiger partial charge in [-0.2, -0.15) is 0 Å². The smallest absolute Gasteiger partial charge is 0.253 e. The standard InChI is InChI=1S/C18H17N7O/c1-24-7-6-20-16(24)10-22-18(26)13-8-15-17(21-9-13)25(12-23-15)11-14-4-2-3-5-19-14/h2-9,12H,10-11H2,1H3,(H,22,26). The number of aryl methyl sites for hydroxylation is 1. The van der Waals surface area contributed by atoms with E-state index in [9.17, 15) is 4.79 Å². The third kappa shape index (κ3) is 3.16. The molecule has 4 aromatic heterocycles. The Kier molecular flexibility index (Phi) is 4.14. The van der Waals surface area contributed by atoms with Gasteiger partial charge in [0.1, 0.15) is 11.3 Å². The van der Waals surface area contributed by atoms with Crippen molar-refractivity contribution >= 4 is 17.1 Å². The molecule has 8 nitrogen and oxygen atoms in total. The van der Waals surface area contributed by atoms with Crippen molar-refractivity contribution in [2.24, 2.45) is 7.05 Å². The first kappa shape index (κ1) is 15.9. The number of carbonyl (C=O) groups excluding carboxylic acids is 1. The van der Waals surface area contributed by atoms with E-state index in [4.69, 9.17) is 0 Å². The molecule has 1 N–H and O–H groups in total. The second kappa shape index (κ2) is 6.75. The molecule has 26 heavy (non-hydrogen) atoms. The molecule has 8 heteroatoms. The van der Waals surface area contributed by atoms with Crippen LogP contribution in [-0.2, 0) is 20.1 Å². The van der Waals surface area contributed by atoms with Gasteiger partial charge in [-0.3, -0.25) is 9.78 Å². The molecule has 1 amide bonds. The molecule has 0 spiro atoms. The fourth-order valence-corrected chi connectivity index (χ4v) is 2.68. The molecule has 0 aliphatic rings. The van der Waals surface area contributed by atoms with Crippen LogP contribution in [0.15, 0.2) is 55.4 Å². The van der Waals surface area contributed by atoms with Crippen molar-refractivity contribution in [2.45, 2.75) is 13.1 Å². The maximum atomic E-state index is 12.4. The second-order valence-corrected chi connectivity index (χ2v) is 5.90. The first-order valence-electron chi connectivity index (χ1n) is 8.16. The van der Waals surface area contributed by atoms with Gasteiger partial charge in [0.2, 0.25) is 0 Å². The summed E-state index contributed by atoms with van der Waals surface area (Å²) >= 11 is 0. The van der Waals surface area contributed by atoms with E-state index >= 15 is 0 Å². The summed E-state index contributed by atoms with van der Waals surface area (Å²) in [6.07, 6.45) is 8.56. The zero-order chi connectivity index (χ0) is 17.9. The zero-order valence-electron chi connectivity index (χ0n) is 14.2. The first-order chi connectivity index (χ1) is 12.7. The highest BCUT2D eigenvalue weighted by molar-refractivity contribution is 5.96. The van der Waals surface area contributed by atoms with Gasteiger partial charge in [0.15, 0.2) is 5.65 Å². The third-order valence-electron chi connectivity index (χ3n) is 4.10. The van der Waals surface area contributed by atoms with Crippen LogP contribution in [0.5, 0.6) is 0 Å². The minimum atomic E-state index is -0.207. The molecule has 0 fully saturated rings. The SMILES string of the molecule is Cn1ccnc1CNC(=O)c1cnc2c(c1)ncn2Cc1ccccn1. The van der Waals surface area contributed by atoms with Gasteiger partial charge in [0.05, 0.1) is 30.7 Å². The number of hydrogen-bond acceptors (Lipinski definition) is 5. The number of rotatable bonds is 5. The number of hydrogen-bond donors (Lipinski definition) is 1. The summed E-state index contributed by atoms with van der Waals surface area (Å²) in [5.74, 6) is 0.578. The summed E-state index contributed by atoms with van der Waals surface area (Å²) in [6.45, 7) is 0.934. The van der Waals surface area contributed by atoms with Crippen LogP contribution in [0, 0.1) is 0 Å². The Hall–Kier alpha value is -3.55. The van der Waals surface area contributed by atoms with E-state index in [1.54, 1.807) is 31.0 Å². The largest absolute Gasteiger partial charge is 0.345 e. The lowest BCUT2D eigenvalue weighted by molar-refractivity contribution is 0.0949. The van der Waals surface area contributed by atoms with Crippen LogP contribution >= 0.6 is 0 Å². The molecule has 0 saturated heterocycles. The fourth-order valence-electron chi connectivity index (χ4n) is 2.68. The summed E-state index contributed by atoms with van der Waals surface area (Å²) in [6, 6.07) is 7.51. The van der Waals surface area contributed by atoms with E-state index in [1.165, 1.54) is 0 Å². The molecule has 0 aromatic carbocycles. The van der Waals surface area contributed by atoms with Crippen LogP contribution in [-0.4, -0.2) is 35.0 Å². The Morgan fingerprint density at radius 1 is 1.15 bits per heavy atom. The highest BCUT2D eigenvalue weighted by Gasteiger charge is 2.11. The van der Waals surface area contributed by atoms with Gasteiger partial charge >= 0.3 is 0 Å². The molecule has 0 bridgehead atoms. The molecule has 0 unspecified atom stereocenters. The maximum absolute atomic E-state index is 12.4. The molecule has 0 radical (unpaired) electrons. The van der Waals surface area contributed by atoms with Crippen molar-refractivity contribution in [1.29, 1.82) is 0 Å². The lowest BCUT2D eigenvalue weighted by Crippen LogP contribution is -2.24. The molecule has 4 heterocycles. The van der Waals surface area contributed by atoms with Crippen LogP contribution in [0.1, 0.15) is 21.9 Å². The van der Waals surface area contributed by atoms with Crippen LogP contribution in [0.3, 0.4) is 0 Å². The maximum Gasteiger partial charge on any atom is 0.253 e.